The smallest absolute Gasteiger partial charge is 0.252 e. The molecule has 0 spiro atoms. The topological polar surface area (TPSA) is 41.1 Å². The third-order valence-corrected chi connectivity index (χ3v) is 2.99. The minimum absolute atomic E-state index is 0.0394. The van der Waals surface area contributed by atoms with E-state index >= 15 is 0 Å². The summed E-state index contributed by atoms with van der Waals surface area (Å²) in [5.74, 6) is -0.0394. The van der Waals surface area contributed by atoms with Crippen LogP contribution in [0.3, 0.4) is 0 Å². The van der Waals surface area contributed by atoms with Crippen molar-refractivity contribution in [1.29, 1.82) is 0 Å². The zero-order valence-electron chi connectivity index (χ0n) is 10.5. The van der Waals surface area contributed by atoms with E-state index in [0.717, 1.165) is 16.6 Å². The van der Waals surface area contributed by atoms with Gasteiger partial charge in [0.05, 0.1) is 5.56 Å². The zero-order chi connectivity index (χ0) is 12.8. The molecule has 1 rings (SSSR count). The van der Waals surface area contributed by atoms with Crippen LogP contribution in [0.1, 0.15) is 29.8 Å². The lowest BCUT2D eigenvalue weighted by molar-refractivity contribution is 0.0953. The minimum Gasteiger partial charge on any atom is -0.351 e. The van der Waals surface area contributed by atoms with Gasteiger partial charge in [0.15, 0.2) is 0 Å². The lowest BCUT2D eigenvalue weighted by atomic mass is 10.1. The van der Waals surface area contributed by atoms with E-state index in [1.807, 2.05) is 25.1 Å². The Hall–Kier alpha value is -0.870. The van der Waals surface area contributed by atoms with Gasteiger partial charge in [-0.1, -0.05) is 19.9 Å². The van der Waals surface area contributed by atoms with Crippen molar-refractivity contribution < 1.29 is 4.79 Å². The molecular weight excluding hydrogens is 280 g/mol. The van der Waals surface area contributed by atoms with Crippen LogP contribution in [0.15, 0.2) is 22.7 Å². The fourth-order valence-corrected chi connectivity index (χ4v) is 2.11. The Labute approximate surface area is 111 Å². The lowest BCUT2D eigenvalue weighted by Gasteiger charge is -2.10. The van der Waals surface area contributed by atoms with Crippen molar-refractivity contribution in [1.82, 2.24) is 10.6 Å². The molecule has 0 aliphatic rings. The van der Waals surface area contributed by atoms with E-state index in [-0.39, 0.29) is 5.91 Å². The summed E-state index contributed by atoms with van der Waals surface area (Å²) in [6, 6.07) is 6.16. The Bertz CT molecular complexity index is 391. The second-order valence-electron chi connectivity index (χ2n) is 4.35. The van der Waals surface area contributed by atoms with Crippen LogP contribution in [0.2, 0.25) is 0 Å². The fraction of sp³-hybridized carbons (Fsp3) is 0.462. The van der Waals surface area contributed by atoms with Gasteiger partial charge < -0.3 is 10.6 Å². The quantitative estimate of drug-likeness (QED) is 0.820. The number of hydrogen-bond donors (Lipinski definition) is 2. The van der Waals surface area contributed by atoms with Crippen LogP contribution >= 0.6 is 15.9 Å². The highest BCUT2D eigenvalue weighted by Crippen LogP contribution is 2.17. The van der Waals surface area contributed by atoms with Gasteiger partial charge in [0.2, 0.25) is 0 Å². The first-order valence-electron chi connectivity index (χ1n) is 5.78. The second kappa shape index (κ2) is 6.77. The van der Waals surface area contributed by atoms with Gasteiger partial charge in [0, 0.05) is 23.6 Å². The fourth-order valence-electron chi connectivity index (χ4n) is 1.44. The van der Waals surface area contributed by atoms with E-state index in [4.69, 9.17) is 0 Å². The van der Waals surface area contributed by atoms with Crippen molar-refractivity contribution in [3.63, 3.8) is 0 Å². The summed E-state index contributed by atoms with van der Waals surface area (Å²) in [7, 11) is 0. The number of aryl methyl sites for hydroxylation is 1. The molecule has 4 heteroatoms. The minimum atomic E-state index is -0.0394. The molecule has 1 amide bonds. The molecule has 2 N–H and O–H groups in total. The largest absolute Gasteiger partial charge is 0.351 e. The SMILES string of the molecule is Cc1ccc(C(=O)NCCNC(C)C)c(Br)c1. The summed E-state index contributed by atoms with van der Waals surface area (Å²) < 4.78 is 0.840. The molecule has 3 nitrogen and oxygen atoms in total. The van der Waals surface area contributed by atoms with Crippen LogP contribution in [0.4, 0.5) is 0 Å². The Morgan fingerprint density at radius 3 is 2.65 bits per heavy atom. The summed E-state index contributed by atoms with van der Waals surface area (Å²) in [5, 5.41) is 6.13. The van der Waals surface area contributed by atoms with Gasteiger partial charge in [0.25, 0.3) is 5.91 Å². The van der Waals surface area contributed by atoms with Crippen molar-refractivity contribution in [3.05, 3.63) is 33.8 Å². The van der Waals surface area contributed by atoms with E-state index in [2.05, 4.69) is 40.4 Å². The van der Waals surface area contributed by atoms with E-state index in [1.165, 1.54) is 0 Å². The summed E-state index contributed by atoms with van der Waals surface area (Å²) >= 11 is 3.40. The van der Waals surface area contributed by atoms with Crippen LogP contribution in [-0.4, -0.2) is 25.0 Å². The average Bonchev–Trinajstić information content (AvgIpc) is 2.23. The second-order valence-corrected chi connectivity index (χ2v) is 5.20. The molecule has 0 saturated carbocycles. The molecule has 0 heterocycles. The number of benzene rings is 1. The Balaban J connectivity index is 2.47. The van der Waals surface area contributed by atoms with Crippen LogP contribution in [-0.2, 0) is 0 Å². The Kier molecular flexibility index (Phi) is 5.65. The van der Waals surface area contributed by atoms with Crippen molar-refractivity contribution in [2.24, 2.45) is 0 Å². The van der Waals surface area contributed by atoms with Gasteiger partial charge in [-0.15, -0.1) is 0 Å². The number of hydrogen-bond acceptors (Lipinski definition) is 2. The first-order valence-corrected chi connectivity index (χ1v) is 6.57. The van der Waals surface area contributed by atoms with Crippen LogP contribution in [0, 0.1) is 6.92 Å². The van der Waals surface area contributed by atoms with E-state index < -0.39 is 0 Å². The summed E-state index contributed by atoms with van der Waals surface area (Å²) in [5.41, 5.74) is 1.81. The molecular formula is C13H19BrN2O. The third kappa shape index (κ3) is 4.88. The first-order chi connectivity index (χ1) is 8.00. The summed E-state index contributed by atoms with van der Waals surface area (Å²) in [4.78, 5) is 11.9. The van der Waals surface area contributed by atoms with Crippen molar-refractivity contribution >= 4 is 21.8 Å². The predicted octanol–water partition coefficient (Wildman–Crippen LogP) is 2.49. The third-order valence-electron chi connectivity index (χ3n) is 2.33. The van der Waals surface area contributed by atoms with E-state index in [9.17, 15) is 4.79 Å². The number of halogens is 1. The molecule has 94 valence electrons. The number of nitrogens with one attached hydrogen (secondary N) is 2. The molecule has 1 aromatic carbocycles. The monoisotopic (exact) mass is 298 g/mol. The molecule has 17 heavy (non-hydrogen) atoms. The van der Waals surface area contributed by atoms with Gasteiger partial charge in [-0.2, -0.15) is 0 Å². The van der Waals surface area contributed by atoms with Crippen molar-refractivity contribution in [2.75, 3.05) is 13.1 Å². The summed E-state index contributed by atoms with van der Waals surface area (Å²) in [6.07, 6.45) is 0. The van der Waals surface area contributed by atoms with Crippen LogP contribution < -0.4 is 10.6 Å². The van der Waals surface area contributed by atoms with Crippen molar-refractivity contribution in [2.45, 2.75) is 26.8 Å². The van der Waals surface area contributed by atoms with Gasteiger partial charge in [-0.25, -0.2) is 0 Å². The highest BCUT2D eigenvalue weighted by Gasteiger charge is 2.08. The molecule has 0 unspecified atom stereocenters. The standard InChI is InChI=1S/C13H19BrN2O/c1-9(2)15-6-7-16-13(17)11-5-4-10(3)8-12(11)14/h4-5,8-9,15H,6-7H2,1-3H3,(H,16,17). The van der Waals surface area contributed by atoms with E-state index in [0.29, 0.717) is 18.2 Å². The molecule has 0 aliphatic heterocycles. The first kappa shape index (κ1) is 14.2. The number of carbonyl (C=O) groups is 1. The maximum atomic E-state index is 11.9. The maximum absolute atomic E-state index is 11.9. The molecule has 0 bridgehead atoms. The maximum Gasteiger partial charge on any atom is 0.252 e. The predicted molar refractivity (Wildman–Crippen MR) is 74.4 cm³/mol. The normalized spacial score (nSPS) is 10.6. The number of amides is 1. The number of carbonyl (C=O) groups excluding carboxylic acids is 1. The number of rotatable bonds is 5. The highest BCUT2D eigenvalue weighted by atomic mass is 79.9. The molecule has 0 aliphatic carbocycles. The van der Waals surface area contributed by atoms with Gasteiger partial charge in [-0.05, 0) is 40.5 Å². The molecule has 0 aromatic heterocycles. The van der Waals surface area contributed by atoms with E-state index in [1.54, 1.807) is 0 Å². The molecule has 0 saturated heterocycles. The highest BCUT2D eigenvalue weighted by molar-refractivity contribution is 9.10. The lowest BCUT2D eigenvalue weighted by Crippen LogP contribution is -2.34. The van der Waals surface area contributed by atoms with Crippen LogP contribution in [0.25, 0.3) is 0 Å². The Morgan fingerprint density at radius 1 is 1.35 bits per heavy atom. The van der Waals surface area contributed by atoms with Gasteiger partial charge in [-0.3, -0.25) is 4.79 Å². The van der Waals surface area contributed by atoms with Crippen LogP contribution in [0.5, 0.6) is 0 Å². The van der Waals surface area contributed by atoms with Gasteiger partial charge in [0.1, 0.15) is 0 Å². The molecule has 0 radical (unpaired) electrons. The zero-order valence-corrected chi connectivity index (χ0v) is 12.1. The van der Waals surface area contributed by atoms with Crippen molar-refractivity contribution in [3.8, 4) is 0 Å². The van der Waals surface area contributed by atoms with Gasteiger partial charge >= 0.3 is 0 Å². The Morgan fingerprint density at radius 2 is 2.06 bits per heavy atom. The average molecular weight is 299 g/mol. The molecule has 0 atom stereocenters. The molecule has 1 aromatic rings. The summed E-state index contributed by atoms with van der Waals surface area (Å²) in [6.45, 7) is 7.58. The molecule has 0 fully saturated rings.